The molecule has 132 valence electrons. The number of amides is 1. The lowest BCUT2D eigenvalue weighted by Gasteiger charge is -2.11. The molecular formula is C19H21NO5. The first-order valence-electron chi connectivity index (χ1n) is 7.84. The molecule has 1 amide bonds. The van der Waals surface area contributed by atoms with Crippen molar-refractivity contribution in [1.82, 2.24) is 5.32 Å². The molecular weight excluding hydrogens is 322 g/mol. The summed E-state index contributed by atoms with van der Waals surface area (Å²) in [5, 5.41) is 12.0. The molecule has 25 heavy (non-hydrogen) atoms. The summed E-state index contributed by atoms with van der Waals surface area (Å²) in [7, 11) is 3.18. The molecule has 0 heterocycles. The standard InChI is InChI=1S/C19H21NO5/c1-24-15-7-8-17(25-2)14(11-15)9-10-20-18(21)12-13-5-3-4-6-16(13)19(22)23/h3-8,11H,9-10,12H2,1-2H3,(H,20,21)(H,22,23). The van der Waals surface area contributed by atoms with Crippen LogP contribution in [0.2, 0.25) is 0 Å². The number of aromatic carboxylic acids is 1. The van der Waals surface area contributed by atoms with Crippen molar-refractivity contribution < 1.29 is 24.2 Å². The van der Waals surface area contributed by atoms with Crippen molar-refractivity contribution in [3.05, 3.63) is 59.2 Å². The van der Waals surface area contributed by atoms with Crippen molar-refractivity contribution in [2.45, 2.75) is 12.8 Å². The summed E-state index contributed by atoms with van der Waals surface area (Å²) < 4.78 is 10.5. The first-order chi connectivity index (χ1) is 12.0. The minimum atomic E-state index is -1.04. The molecule has 0 spiro atoms. The van der Waals surface area contributed by atoms with Gasteiger partial charge in [0.25, 0.3) is 0 Å². The molecule has 0 bridgehead atoms. The average molecular weight is 343 g/mol. The van der Waals surface area contributed by atoms with E-state index in [4.69, 9.17) is 14.6 Å². The molecule has 0 saturated carbocycles. The maximum Gasteiger partial charge on any atom is 0.335 e. The van der Waals surface area contributed by atoms with Gasteiger partial charge in [0.05, 0.1) is 26.2 Å². The molecule has 6 nitrogen and oxygen atoms in total. The third-order valence-corrected chi connectivity index (χ3v) is 3.80. The SMILES string of the molecule is COc1ccc(OC)c(CCNC(=O)Cc2ccccc2C(=O)O)c1. The summed E-state index contributed by atoms with van der Waals surface area (Å²) in [6.07, 6.45) is 0.602. The number of methoxy groups -OCH3 is 2. The van der Waals surface area contributed by atoms with Crippen molar-refractivity contribution in [2.24, 2.45) is 0 Å². The molecule has 2 rings (SSSR count). The van der Waals surface area contributed by atoms with Gasteiger partial charge in [-0.2, -0.15) is 0 Å². The topological polar surface area (TPSA) is 84.9 Å². The van der Waals surface area contributed by atoms with Crippen LogP contribution >= 0.6 is 0 Å². The lowest BCUT2D eigenvalue weighted by Crippen LogP contribution is -2.28. The van der Waals surface area contributed by atoms with Gasteiger partial charge in [-0.3, -0.25) is 4.79 Å². The maximum atomic E-state index is 12.1. The first-order valence-corrected chi connectivity index (χ1v) is 7.84. The number of carboxylic acids is 1. The van der Waals surface area contributed by atoms with Crippen LogP contribution in [0.1, 0.15) is 21.5 Å². The van der Waals surface area contributed by atoms with E-state index in [2.05, 4.69) is 5.32 Å². The molecule has 2 aromatic rings. The van der Waals surface area contributed by atoms with E-state index in [0.717, 1.165) is 17.1 Å². The molecule has 2 aromatic carbocycles. The summed E-state index contributed by atoms with van der Waals surface area (Å²) in [6.45, 7) is 0.414. The molecule has 0 fully saturated rings. The second-order valence-electron chi connectivity index (χ2n) is 5.42. The quantitative estimate of drug-likeness (QED) is 0.768. The molecule has 0 saturated heterocycles. The van der Waals surface area contributed by atoms with Gasteiger partial charge in [-0.15, -0.1) is 0 Å². The van der Waals surface area contributed by atoms with E-state index in [0.29, 0.717) is 18.5 Å². The number of carboxylic acid groups (broad SMARTS) is 1. The Balaban J connectivity index is 1.94. The van der Waals surface area contributed by atoms with Crippen LogP contribution in [0.15, 0.2) is 42.5 Å². The van der Waals surface area contributed by atoms with Crippen molar-refractivity contribution in [3.63, 3.8) is 0 Å². The fraction of sp³-hybridized carbons (Fsp3) is 0.263. The number of ether oxygens (including phenoxy) is 2. The molecule has 0 atom stereocenters. The first kappa shape index (κ1) is 18.3. The highest BCUT2D eigenvalue weighted by Crippen LogP contribution is 2.24. The highest BCUT2D eigenvalue weighted by atomic mass is 16.5. The maximum absolute atomic E-state index is 12.1. The third-order valence-electron chi connectivity index (χ3n) is 3.80. The summed E-state index contributed by atoms with van der Waals surface area (Å²) >= 11 is 0. The van der Waals surface area contributed by atoms with E-state index < -0.39 is 5.97 Å². The Bertz CT molecular complexity index is 757. The van der Waals surface area contributed by atoms with Gasteiger partial charge in [0.15, 0.2) is 0 Å². The van der Waals surface area contributed by atoms with E-state index in [1.165, 1.54) is 6.07 Å². The molecule has 0 aromatic heterocycles. The Hall–Kier alpha value is -3.02. The number of hydrogen-bond donors (Lipinski definition) is 2. The zero-order valence-corrected chi connectivity index (χ0v) is 14.2. The van der Waals surface area contributed by atoms with Gasteiger partial charge < -0.3 is 19.9 Å². The van der Waals surface area contributed by atoms with Crippen LogP contribution in [0.3, 0.4) is 0 Å². The van der Waals surface area contributed by atoms with Gasteiger partial charge in [0.2, 0.25) is 5.91 Å². The van der Waals surface area contributed by atoms with E-state index >= 15 is 0 Å². The van der Waals surface area contributed by atoms with Crippen LogP contribution in [0, 0.1) is 0 Å². The van der Waals surface area contributed by atoms with Gasteiger partial charge in [-0.25, -0.2) is 4.79 Å². The summed E-state index contributed by atoms with van der Waals surface area (Å²) in [4.78, 5) is 23.3. The molecule has 0 aliphatic carbocycles. The van der Waals surface area contributed by atoms with E-state index in [9.17, 15) is 9.59 Å². The predicted molar refractivity (Wildman–Crippen MR) is 93.4 cm³/mol. The number of carbonyl (C=O) groups is 2. The van der Waals surface area contributed by atoms with Crippen molar-refractivity contribution in [3.8, 4) is 11.5 Å². The number of nitrogens with one attached hydrogen (secondary N) is 1. The van der Waals surface area contributed by atoms with Crippen LogP contribution < -0.4 is 14.8 Å². The molecule has 0 aliphatic heterocycles. The second-order valence-corrected chi connectivity index (χ2v) is 5.42. The Labute approximate surface area is 146 Å². The smallest absolute Gasteiger partial charge is 0.335 e. The molecule has 0 radical (unpaired) electrons. The van der Waals surface area contributed by atoms with E-state index in [1.54, 1.807) is 32.4 Å². The number of hydrogen-bond acceptors (Lipinski definition) is 4. The van der Waals surface area contributed by atoms with Crippen molar-refractivity contribution in [2.75, 3.05) is 20.8 Å². The Morgan fingerprint density at radius 3 is 2.48 bits per heavy atom. The molecule has 2 N–H and O–H groups in total. The van der Waals surface area contributed by atoms with Crippen LogP contribution in [0.25, 0.3) is 0 Å². The summed E-state index contributed by atoms with van der Waals surface area (Å²) in [6, 6.07) is 12.0. The number of carbonyl (C=O) groups excluding carboxylic acids is 1. The fourth-order valence-corrected chi connectivity index (χ4v) is 2.53. The predicted octanol–water partition coefficient (Wildman–Crippen LogP) is 2.30. The zero-order valence-electron chi connectivity index (χ0n) is 14.2. The fourth-order valence-electron chi connectivity index (χ4n) is 2.53. The summed E-state index contributed by atoms with van der Waals surface area (Å²) in [5.41, 5.74) is 1.56. The third kappa shape index (κ3) is 4.97. The molecule has 0 aliphatic rings. The average Bonchev–Trinajstić information content (AvgIpc) is 2.61. The Morgan fingerprint density at radius 2 is 1.80 bits per heavy atom. The van der Waals surface area contributed by atoms with Crippen LogP contribution in [0.4, 0.5) is 0 Å². The van der Waals surface area contributed by atoms with Crippen molar-refractivity contribution >= 4 is 11.9 Å². The van der Waals surface area contributed by atoms with Gasteiger partial charge >= 0.3 is 5.97 Å². The minimum absolute atomic E-state index is 0.0255. The van der Waals surface area contributed by atoms with E-state index in [1.807, 2.05) is 18.2 Å². The van der Waals surface area contributed by atoms with Crippen LogP contribution in [0.5, 0.6) is 11.5 Å². The number of benzene rings is 2. The van der Waals surface area contributed by atoms with Gasteiger partial charge in [0.1, 0.15) is 11.5 Å². The highest BCUT2D eigenvalue weighted by molar-refractivity contribution is 5.91. The van der Waals surface area contributed by atoms with Crippen LogP contribution in [-0.2, 0) is 17.6 Å². The largest absolute Gasteiger partial charge is 0.497 e. The number of rotatable bonds is 8. The summed E-state index contributed by atoms with van der Waals surface area (Å²) in [5.74, 6) is 0.184. The zero-order chi connectivity index (χ0) is 18.2. The van der Waals surface area contributed by atoms with E-state index in [-0.39, 0.29) is 17.9 Å². The van der Waals surface area contributed by atoms with Gasteiger partial charge in [-0.1, -0.05) is 18.2 Å². The lowest BCUT2D eigenvalue weighted by molar-refractivity contribution is -0.120. The van der Waals surface area contributed by atoms with Crippen molar-refractivity contribution in [1.29, 1.82) is 0 Å². The highest BCUT2D eigenvalue weighted by Gasteiger charge is 2.12. The lowest BCUT2D eigenvalue weighted by atomic mass is 10.0. The Kier molecular flexibility index (Phi) is 6.39. The van der Waals surface area contributed by atoms with Gasteiger partial charge in [-0.05, 0) is 41.8 Å². The normalized spacial score (nSPS) is 10.2. The van der Waals surface area contributed by atoms with Gasteiger partial charge in [0, 0.05) is 6.54 Å². The molecule has 6 heteroatoms. The monoisotopic (exact) mass is 343 g/mol. The Morgan fingerprint density at radius 1 is 1.04 bits per heavy atom. The molecule has 0 unspecified atom stereocenters. The minimum Gasteiger partial charge on any atom is -0.497 e. The van der Waals surface area contributed by atoms with Crippen LogP contribution in [-0.4, -0.2) is 37.7 Å². The second kappa shape index (κ2) is 8.73.